The van der Waals surface area contributed by atoms with Crippen LogP contribution in [0.15, 0.2) is 24.3 Å². The van der Waals surface area contributed by atoms with Crippen molar-refractivity contribution in [2.24, 2.45) is 11.1 Å². The summed E-state index contributed by atoms with van der Waals surface area (Å²) in [5.41, 5.74) is 6.55. The van der Waals surface area contributed by atoms with Crippen molar-refractivity contribution in [3.63, 3.8) is 0 Å². The Labute approximate surface area is 107 Å². The van der Waals surface area contributed by atoms with Gasteiger partial charge in [-0.2, -0.15) is 0 Å². The molecule has 94 valence electrons. The van der Waals surface area contributed by atoms with E-state index in [0.29, 0.717) is 11.4 Å². The molecule has 1 aromatic rings. The average Bonchev–Trinajstić information content (AvgIpc) is 2.20. The fourth-order valence-corrected chi connectivity index (χ4v) is 2.04. The molecule has 1 atom stereocenters. The Morgan fingerprint density at radius 2 is 1.94 bits per heavy atom. The number of rotatable bonds is 5. The molecule has 3 nitrogen and oxygen atoms in total. The standard InChI is InChI=1S/C13H18ClNO2/c1-13(2,8-11(15)12(16)17)7-9-3-5-10(14)6-4-9/h3-6,11H,7-8,15H2,1-2H3,(H,16,17). The lowest BCUT2D eigenvalue weighted by molar-refractivity contribution is -0.139. The summed E-state index contributed by atoms with van der Waals surface area (Å²) in [7, 11) is 0. The van der Waals surface area contributed by atoms with Crippen LogP contribution in [0.1, 0.15) is 25.8 Å². The summed E-state index contributed by atoms with van der Waals surface area (Å²) in [4.78, 5) is 10.7. The van der Waals surface area contributed by atoms with Gasteiger partial charge in [0, 0.05) is 5.02 Å². The number of benzene rings is 1. The van der Waals surface area contributed by atoms with E-state index >= 15 is 0 Å². The topological polar surface area (TPSA) is 63.3 Å². The summed E-state index contributed by atoms with van der Waals surface area (Å²) >= 11 is 5.81. The molecule has 1 rings (SSSR count). The van der Waals surface area contributed by atoms with Crippen molar-refractivity contribution < 1.29 is 9.90 Å². The van der Waals surface area contributed by atoms with Gasteiger partial charge in [-0.15, -0.1) is 0 Å². The molecule has 0 bridgehead atoms. The third-order valence-electron chi connectivity index (χ3n) is 2.69. The molecule has 0 aromatic heterocycles. The summed E-state index contributed by atoms with van der Waals surface area (Å²) in [6, 6.07) is 6.78. The largest absolute Gasteiger partial charge is 0.480 e. The van der Waals surface area contributed by atoms with E-state index < -0.39 is 12.0 Å². The summed E-state index contributed by atoms with van der Waals surface area (Å²) < 4.78 is 0. The first kappa shape index (κ1) is 14.0. The Balaban J connectivity index is 2.65. The minimum absolute atomic E-state index is 0.147. The van der Waals surface area contributed by atoms with E-state index in [1.54, 1.807) is 0 Å². The Kier molecular flexibility index (Phi) is 4.54. The lowest BCUT2D eigenvalue weighted by atomic mass is 9.80. The highest BCUT2D eigenvalue weighted by atomic mass is 35.5. The fraction of sp³-hybridized carbons (Fsp3) is 0.462. The van der Waals surface area contributed by atoms with Crippen molar-refractivity contribution in [3.8, 4) is 0 Å². The van der Waals surface area contributed by atoms with E-state index in [-0.39, 0.29) is 5.41 Å². The van der Waals surface area contributed by atoms with E-state index in [9.17, 15) is 4.79 Å². The van der Waals surface area contributed by atoms with Crippen LogP contribution >= 0.6 is 11.6 Å². The molecule has 0 aliphatic rings. The summed E-state index contributed by atoms with van der Waals surface area (Å²) in [6.45, 7) is 4.04. The summed E-state index contributed by atoms with van der Waals surface area (Å²) in [6.07, 6.45) is 1.23. The zero-order chi connectivity index (χ0) is 13.1. The van der Waals surface area contributed by atoms with Gasteiger partial charge in [-0.05, 0) is 36.0 Å². The number of halogens is 1. The summed E-state index contributed by atoms with van der Waals surface area (Å²) in [5.74, 6) is -0.950. The highest BCUT2D eigenvalue weighted by molar-refractivity contribution is 6.30. The molecule has 1 aromatic carbocycles. The van der Waals surface area contributed by atoms with Crippen LogP contribution in [0.3, 0.4) is 0 Å². The lowest BCUT2D eigenvalue weighted by Crippen LogP contribution is -2.35. The maximum Gasteiger partial charge on any atom is 0.320 e. The van der Waals surface area contributed by atoms with E-state index in [2.05, 4.69) is 0 Å². The molecule has 0 spiro atoms. The maximum absolute atomic E-state index is 10.7. The number of carbonyl (C=O) groups is 1. The van der Waals surface area contributed by atoms with Crippen LogP contribution in [0.4, 0.5) is 0 Å². The first-order valence-electron chi connectivity index (χ1n) is 5.53. The van der Waals surface area contributed by atoms with Crippen LogP contribution < -0.4 is 5.73 Å². The number of carboxylic acid groups (broad SMARTS) is 1. The summed E-state index contributed by atoms with van der Waals surface area (Å²) in [5, 5.41) is 9.51. The van der Waals surface area contributed by atoms with Crippen LogP contribution in [0.2, 0.25) is 5.02 Å². The Bertz CT molecular complexity index is 387. The second kappa shape index (κ2) is 5.52. The number of nitrogens with two attached hydrogens (primary N) is 1. The van der Waals surface area contributed by atoms with Gasteiger partial charge >= 0.3 is 5.97 Å². The van der Waals surface area contributed by atoms with Gasteiger partial charge in [0.15, 0.2) is 0 Å². The molecule has 0 aliphatic carbocycles. The normalized spacial score (nSPS) is 13.4. The molecule has 0 saturated carbocycles. The molecular weight excluding hydrogens is 238 g/mol. The van der Waals surface area contributed by atoms with Crippen LogP contribution in [-0.2, 0) is 11.2 Å². The first-order chi connectivity index (χ1) is 7.80. The molecule has 17 heavy (non-hydrogen) atoms. The fourth-order valence-electron chi connectivity index (χ4n) is 1.91. The highest BCUT2D eigenvalue weighted by Crippen LogP contribution is 2.27. The maximum atomic E-state index is 10.7. The van der Waals surface area contributed by atoms with Crippen molar-refractivity contribution >= 4 is 17.6 Å². The van der Waals surface area contributed by atoms with E-state index in [0.717, 1.165) is 12.0 Å². The smallest absolute Gasteiger partial charge is 0.320 e. The van der Waals surface area contributed by atoms with Gasteiger partial charge < -0.3 is 10.8 Å². The molecular formula is C13H18ClNO2. The lowest BCUT2D eigenvalue weighted by Gasteiger charge is -2.26. The average molecular weight is 256 g/mol. The number of carboxylic acids is 1. The third-order valence-corrected chi connectivity index (χ3v) is 2.94. The second-order valence-electron chi connectivity index (χ2n) is 5.12. The molecule has 4 heteroatoms. The highest BCUT2D eigenvalue weighted by Gasteiger charge is 2.25. The molecule has 0 saturated heterocycles. The van der Waals surface area contributed by atoms with Crippen LogP contribution in [0.25, 0.3) is 0 Å². The Morgan fingerprint density at radius 1 is 1.41 bits per heavy atom. The van der Waals surface area contributed by atoms with Gasteiger partial charge in [-0.1, -0.05) is 37.6 Å². The molecule has 0 fully saturated rings. The van der Waals surface area contributed by atoms with Gasteiger partial charge in [-0.25, -0.2) is 0 Å². The van der Waals surface area contributed by atoms with Gasteiger partial charge in [0.25, 0.3) is 0 Å². The SMILES string of the molecule is CC(C)(Cc1ccc(Cl)cc1)CC(N)C(=O)O. The molecule has 1 unspecified atom stereocenters. The van der Waals surface area contributed by atoms with Crippen molar-refractivity contribution in [1.82, 2.24) is 0 Å². The molecule has 0 amide bonds. The Morgan fingerprint density at radius 3 is 2.41 bits per heavy atom. The van der Waals surface area contributed by atoms with E-state index in [1.165, 1.54) is 0 Å². The van der Waals surface area contributed by atoms with Gasteiger partial charge in [0.2, 0.25) is 0 Å². The minimum Gasteiger partial charge on any atom is -0.480 e. The third kappa shape index (κ3) is 4.75. The zero-order valence-corrected chi connectivity index (χ0v) is 10.9. The van der Waals surface area contributed by atoms with Crippen molar-refractivity contribution in [1.29, 1.82) is 0 Å². The predicted molar refractivity (Wildman–Crippen MR) is 69.2 cm³/mol. The van der Waals surface area contributed by atoms with E-state index in [1.807, 2.05) is 38.1 Å². The molecule has 0 heterocycles. The van der Waals surface area contributed by atoms with Crippen LogP contribution in [0, 0.1) is 5.41 Å². The van der Waals surface area contributed by atoms with Crippen molar-refractivity contribution in [2.45, 2.75) is 32.7 Å². The Hall–Kier alpha value is -1.06. The van der Waals surface area contributed by atoms with Gasteiger partial charge in [0.1, 0.15) is 6.04 Å². The minimum atomic E-state index is -0.950. The van der Waals surface area contributed by atoms with Crippen LogP contribution in [-0.4, -0.2) is 17.1 Å². The van der Waals surface area contributed by atoms with E-state index in [4.69, 9.17) is 22.4 Å². The number of aliphatic carboxylic acids is 1. The molecule has 0 aliphatic heterocycles. The second-order valence-corrected chi connectivity index (χ2v) is 5.55. The van der Waals surface area contributed by atoms with Crippen LogP contribution in [0.5, 0.6) is 0 Å². The first-order valence-corrected chi connectivity index (χ1v) is 5.91. The predicted octanol–water partition coefficient (Wildman–Crippen LogP) is 2.71. The van der Waals surface area contributed by atoms with Crippen molar-refractivity contribution in [2.75, 3.05) is 0 Å². The van der Waals surface area contributed by atoms with Crippen molar-refractivity contribution in [3.05, 3.63) is 34.9 Å². The van der Waals surface area contributed by atoms with Gasteiger partial charge in [0.05, 0.1) is 0 Å². The monoisotopic (exact) mass is 255 g/mol. The zero-order valence-electron chi connectivity index (χ0n) is 10.1. The number of hydrogen-bond donors (Lipinski definition) is 2. The van der Waals surface area contributed by atoms with Gasteiger partial charge in [-0.3, -0.25) is 4.79 Å². The number of hydrogen-bond acceptors (Lipinski definition) is 2. The molecule has 3 N–H and O–H groups in total. The molecule has 0 radical (unpaired) electrons. The quantitative estimate of drug-likeness (QED) is 0.850.